The molecule has 1 aromatic carbocycles. The molecule has 1 aliphatic carbocycles. The van der Waals surface area contributed by atoms with E-state index in [1.54, 1.807) is 6.07 Å². The lowest BCUT2D eigenvalue weighted by Gasteiger charge is -2.46. The van der Waals surface area contributed by atoms with Crippen molar-refractivity contribution in [1.82, 2.24) is 0 Å². The zero-order valence-electron chi connectivity index (χ0n) is 12.5. The van der Waals surface area contributed by atoms with Crippen LogP contribution in [-0.2, 0) is 0 Å². The second-order valence-electron chi connectivity index (χ2n) is 6.88. The summed E-state index contributed by atoms with van der Waals surface area (Å²) in [6.45, 7) is 6.55. The number of hydrogen-bond acceptors (Lipinski definition) is 2. The first kappa shape index (κ1) is 14.8. The maximum Gasteiger partial charge on any atom is 0.128 e. The Morgan fingerprint density at radius 2 is 2.10 bits per heavy atom. The van der Waals surface area contributed by atoms with Crippen LogP contribution < -0.4 is 5.32 Å². The molecule has 2 unspecified atom stereocenters. The van der Waals surface area contributed by atoms with Crippen molar-refractivity contribution in [1.29, 1.82) is 5.26 Å². The number of rotatable bonds is 2. The van der Waals surface area contributed by atoms with Gasteiger partial charge in [0.25, 0.3) is 0 Å². The molecular formula is C17H23FN2. The monoisotopic (exact) mass is 274 g/mol. The van der Waals surface area contributed by atoms with Crippen molar-refractivity contribution in [3.8, 4) is 6.07 Å². The molecule has 0 amide bonds. The lowest BCUT2D eigenvalue weighted by molar-refractivity contribution is 0.127. The molecule has 1 aromatic rings. The Bertz CT molecular complexity index is 512. The Labute approximate surface area is 121 Å². The minimum Gasteiger partial charge on any atom is -0.367 e. The summed E-state index contributed by atoms with van der Waals surface area (Å²) in [6, 6.07) is 8.91. The SMILES string of the molecule is CC(C)(C)C1CCCCC1(C#N)Nc1cccc(F)c1. The number of hydrogen-bond donors (Lipinski definition) is 1. The maximum absolute atomic E-state index is 13.4. The predicted molar refractivity (Wildman–Crippen MR) is 79.8 cm³/mol. The van der Waals surface area contributed by atoms with Gasteiger partial charge in [0.05, 0.1) is 6.07 Å². The van der Waals surface area contributed by atoms with Gasteiger partial charge in [0, 0.05) is 11.6 Å². The van der Waals surface area contributed by atoms with Gasteiger partial charge in [-0.1, -0.05) is 39.7 Å². The van der Waals surface area contributed by atoms with Crippen LogP contribution in [0, 0.1) is 28.5 Å². The summed E-state index contributed by atoms with van der Waals surface area (Å²) in [4.78, 5) is 0. The molecule has 0 spiro atoms. The number of anilines is 1. The first-order valence-corrected chi connectivity index (χ1v) is 7.32. The van der Waals surface area contributed by atoms with Gasteiger partial charge in [-0.3, -0.25) is 0 Å². The van der Waals surface area contributed by atoms with Crippen LogP contribution in [0.5, 0.6) is 0 Å². The van der Waals surface area contributed by atoms with E-state index in [1.807, 2.05) is 6.07 Å². The Hall–Kier alpha value is -1.56. The van der Waals surface area contributed by atoms with E-state index in [4.69, 9.17) is 0 Å². The van der Waals surface area contributed by atoms with Gasteiger partial charge in [0.2, 0.25) is 0 Å². The van der Waals surface area contributed by atoms with Crippen LogP contribution in [-0.4, -0.2) is 5.54 Å². The second-order valence-corrected chi connectivity index (χ2v) is 6.88. The number of nitriles is 1. The van der Waals surface area contributed by atoms with Crippen molar-refractivity contribution in [2.24, 2.45) is 11.3 Å². The highest BCUT2D eigenvalue weighted by molar-refractivity contribution is 5.48. The van der Waals surface area contributed by atoms with Crippen molar-refractivity contribution >= 4 is 5.69 Å². The Morgan fingerprint density at radius 3 is 2.70 bits per heavy atom. The summed E-state index contributed by atoms with van der Waals surface area (Å²) in [6.07, 6.45) is 4.07. The molecule has 2 rings (SSSR count). The number of benzene rings is 1. The minimum absolute atomic E-state index is 0.0521. The first-order chi connectivity index (χ1) is 9.37. The Balaban J connectivity index is 2.34. The molecule has 108 valence electrons. The largest absolute Gasteiger partial charge is 0.367 e. The zero-order valence-corrected chi connectivity index (χ0v) is 12.5. The lowest BCUT2D eigenvalue weighted by Crippen LogP contribution is -2.51. The third-order valence-corrected chi connectivity index (χ3v) is 4.35. The average molecular weight is 274 g/mol. The highest BCUT2D eigenvalue weighted by Gasteiger charge is 2.46. The summed E-state index contributed by atoms with van der Waals surface area (Å²) in [5.74, 6) is -0.0109. The van der Waals surface area contributed by atoms with E-state index in [1.165, 1.54) is 12.1 Å². The lowest BCUT2D eigenvalue weighted by atomic mass is 9.62. The van der Waals surface area contributed by atoms with Crippen LogP contribution in [0.3, 0.4) is 0 Å². The van der Waals surface area contributed by atoms with E-state index in [0.717, 1.165) is 25.7 Å². The molecule has 2 atom stereocenters. The zero-order chi connectivity index (χ0) is 14.8. The molecule has 0 aliphatic heterocycles. The van der Waals surface area contributed by atoms with E-state index >= 15 is 0 Å². The van der Waals surface area contributed by atoms with Crippen LogP contribution in [0.2, 0.25) is 0 Å². The minimum atomic E-state index is -0.593. The molecule has 3 heteroatoms. The van der Waals surface area contributed by atoms with Crippen molar-refractivity contribution in [3.63, 3.8) is 0 Å². The molecule has 0 heterocycles. The highest BCUT2D eigenvalue weighted by atomic mass is 19.1. The molecule has 0 radical (unpaired) electrons. The third-order valence-electron chi connectivity index (χ3n) is 4.35. The fourth-order valence-electron chi connectivity index (χ4n) is 3.48. The molecule has 0 bridgehead atoms. The van der Waals surface area contributed by atoms with Crippen LogP contribution in [0.25, 0.3) is 0 Å². The molecule has 0 aromatic heterocycles. The Kier molecular flexibility index (Phi) is 4.04. The van der Waals surface area contributed by atoms with Gasteiger partial charge in [0.15, 0.2) is 0 Å². The molecule has 1 aliphatic rings. The van der Waals surface area contributed by atoms with Crippen molar-refractivity contribution in [2.45, 2.75) is 52.0 Å². The van der Waals surface area contributed by atoms with E-state index in [-0.39, 0.29) is 17.2 Å². The number of nitrogens with zero attached hydrogens (tertiary/aromatic N) is 1. The van der Waals surface area contributed by atoms with Gasteiger partial charge < -0.3 is 5.32 Å². The molecular weight excluding hydrogens is 251 g/mol. The molecule has 0 saturated heterocycles. The van der Waals surface area contributed by atoms with Gasteiger partial charge in [-0.05, 0) is 36.5 Å². The van der Waals surface area contributed by atoms with Crippen LogP contribution in [0.1, 0.15) is 46.5 Å². The van der Waals surface area contributed by atoms with Crippen molar-refractivity contribution in [3.05, 3.63) is 30.1 Å². The standard InChI is InChI=1S/C17H23FN2/c1-16(2,3)15-9-4-5-10-17(15,12-19)20-14-8-6-7-13(18)11-14/h6-8,11,15,20H,4-5,9-10H2,1-3H3. The number of halogens is 1. The molecule has 1 N–H and O–H groups in total. The summed E-state index contributed by atoms with van der Waals surface area (Å²) in [5, 5.41) is 13.1. The molecule has 20 heavy (non-hydrogen) atoms. The Morgan fingerprint density at radius 1 is 1.35 bits per heavy atom. The summed E-state index contributed by atoms with van der Waals surface area (Å²) in [7, 11) is 0. The average Bonchev–Trinajstić information content (AvgIpc) is 2.38. The van der Waals surface area contributed by atoms with E-state index in [2.05, 4.69) is 32.2 Å². The molecule has 1 saturated carbocycles. The van der Waals surface area contributed by atoms with Crippen molar-refractivity contribution in [2.75, 3.05) is 5.32 Å². The molecule has 1 fully saturated rings. The smallest absolute Gasteiger partial charge is 0.128 e. The summed E-state index contributed by atoms with van der Waals surface area (Å²) in [5.41, 5.74) is 0.156. The fraction of sp³-hybridized carbons (Fsp3) is 0.588. The molecule has 2 nitrogen and oxygen atoms in total. The normalized spacial score (nSPS) is 26.9. The predicted octanol–water partition coefficient (Wildman–Crippen LogP) is 4.74. The summed E-state index contributed by atoms with van der Waals surface area (Å²) < 4.78 is 13.4. The van der Waals surface area contributed by atoms with Gasteiger partial charge >= 0.3 is 0 Å². The van der Waals surface area contributed by atoms with Crippen LogP contribution in [0.4, 0.5) is 10.1 Å². The van der Waals surface area contributed by atoms with Gasteiger partial charge in [-0.25, -0.2) is 4.39 Å². The van der Waals surface area contributed by atoms with Crippen molar-refractivity contribution < 1.29 is 4.39 Å². The quantitative estimate of drug-likeness (QED) is 0.845. The fourth-order valence-corrected chi connectivity index (χ4v) is 3.48. The van der Waals surface area contributed by atoms with Gasteiger partial charge in [0.1, 0.15) is 11.4 Å². The van der Waals surface area contributed by atoms with E-state index in [0.29, 0.717) is 5.69 Å². The summed E-state index contributed by atoms with van der Waals surface area (Å²) >= 11 is 0. The first-order valence-electron chi connectivity index (χ1n) is 7.32. The van der Waals surface area contributed by atoms with Gasteiger partial charge in [-0.2, -0.15) is 5.26 Å². The van der Waals surface area contributed by atoms with E-state index < -0.39 is 5.54 Å². The third kappa shape index (κ3) is 2.95. The van der Waals surface area contributed by atoms with E-state index in [9.17, 15) is 9.65 Å². The maximum atomic E-state index is 13.4. The topological polar surface area (TPSA) is 35.8 Å². The highest BCUT2D eigenvalue weighted by Crippen LogP contribution is 2.45. The number of nitrogens with one attached hydrogen (secondary N) is 1. The van der Waals surface area contributed by atoms with Crippen LogP contribution >= 0.6 is 0 Å². The van der Waals surface area contributed by atoms with Gasteiger partial charge in [-0.15, -0.1) is 0 Å². The van der Waals surface area contributed by atoms with Crippen LogP contribution in [0.15, 0.2) is 24.3 Å². The second kappa shape index (κ2) is 5.44.